The van der Waals surface area contributed by atoms with Crippen molar-refractivity contribution in [1.29, 1.82) is 0 Å². The van der Waals surface area contributed by atoms with Gasteiger partial charge in [-0.2, -0.15) is 0 Å². The molecule has 0 saturated carbocycles. The quantitative estimate of drug-likeness (QED) is 0.449. The summed E-state index contributed by atoms with van der Waals surface area (Å²) in [4.78, 5) is 0. The summed E-state index contributed by atoms with van der Waals surface area (Å²) in [6.45, 7) is 3.32. The summed E-state index contributed by atoms with van der Waals surface area (Å²) in [5.74, 6) is 2.17. The molecule has 2 saturated heterocycles. The van der Waals surface area contributed by atoms with E-state index in [-0.39, 0.29) is 0 Å². The van der Waals surface area contributed by atoms with Gasteiger partial charge in [-0.25, -0.2) is 0 Å². The van der Waals surface area contributed by atoms with Crippen LogP contribution in [0.25, 0.3) is 0 Å². The van der Waals surface area contributed by atoms with Crippen molar-refractivity contribution in [3.63, 3.8) is 0 Å². The molecule has 0 spiro atoms. The molecule has 2 bridgehead atoms. The SMILES string of the molecule is CCC/C=C/CB1C2CCCC1CCC2. The number of allylic oxidation sites excluding steroid dienone is 2. The van der Waals surface area contributed by atoms with Gasteiger partial charge in [0.25, 0.3) is 0 Å². The maximum Gasteiger partial charge on any atom is 0.150 e. The van der Waals surface area contributed by atoms with Gasteiger partial charge in [-0.15, -0.1) is 0 Å². The van der Waals surface area contributed by atoms with E-state index in [9.17, 15) is 0 Å². The fourth-order valence-electron chi connectivity index (χ4n) is 3.74. The maximum absolute atomic E-state index is 2.48. The van der Waals surface area contributed by atoms with Crippen LogP contribution in [0.5, 0.6) is 0 Å². The largest absolute Gasteiger partial charge is 0.150 e. The van der Waals surface area contributed by atoms with Crippen LogP contribution in [0, 0.1) is 0 Å². The second-order valence-corrected chi connectivity index (χ2v) is 5.54. The Morgan fingerprint density at radius 2 is 1.60 bits per heavy atom. The van der Waals surface area contributed by atoms with Crippen LogP contribution in [0.4, 0.5) is 0 Å². The van der Waals surface area contributed by atoms with Gasteiger partial charge in [-0.3, -0.25) is 0 Å². The van der Waals surface area contributed by atoms with Crippen LogP contribution in [0.1, 0.15) is 58.3 Å². The van der Waals surface area contributed by atoms with E-state index in [0.717, 1.165) is 18.3 Å². The Morgan fingerprint density at radius 3 is 2.13 bits per heavy atom. The zero-order valence-corrected chi connectivity index (χ0v) is 10.3. The first-order valence-electron chi connectivity index (χ1n) is 7.06. The van der Waals surface area contributed by atoms with Crippen molar-refractivity contribution in [1.82, 2.24) is 0 Å². The predicted octanol–water partition coefficient (Wildman–Crippen LogP) is 4.95. The van der Waals surface area contributed by atoms with E-state index in [0.29, 0.717) is 0 Å². The summed E-state index contributed by atoms with van der Waals surface area (Å²) in [6, 6.07) is 0. The first-order chi connectivity index (χ1) is 7.42. The Balaban J connectivity index is 1.84. The highest BCUT2D eigenvalue weighted by molar-refractivity contribution is 6.63. The van der Waals surface area contributed by atoms with Crippen molar-refractivity contribution in [2.24, 2.45) is 0 Å². The molecule has 2 heterocycles. The Labute approximate surface area is 95.6 Å². The van der Waals surface area contributed by atoms with E-state index in [1.165, 1.54) is 57.7 Å². The van der Waals surface area contributed by atoms with Gasteiger partial charge < -0.3 is 0 Å². The zero-order valence-electron chi connectivity index (χ0n) is 10.3. The lowest BCUT2D eigenvalue weighted by Gasteiger charge is -2.40. The van der Waals surface area contributed by atoms with Crippen molar-refractivity contribution in [3.8, 4) is 0 Å². The van der Waals surface area contributed by atoms with Gasteiger partial charge in [-0.1, -0.05) is 82.0 Å². The third-order valence-corrected chi connectivity index (χ3v) is 4.54. The molecule has 0 amide bonds. The van der Waals surface area contributed by atoms with E-state index < -0.39 is 0 Å². The number of hydrogen-bond donors (Lipinski definition) is 0. The maximum atomic E-state index is 2.48. The molecule has 0 aromatic carbocycles. The van der Waals surface area contributed by atoms with Crippen LogP contribution < -0.4 is 0 Å². The molecule has 1 heteroatoms. The van der Waals surface area contributed by atoms with Gasteiger partial charge in [0.05, 0.1) is 0 Å². The standard InChI is InChI=1S/C14H25B/c1-2-3-4-5-12-15-13-8-6-9-14(15)11-7-10-13/h4-5,13-14H,2-3,6-12H2,1H3/b5-4+. The molecule has 2 rings (SSSR count). The van der Waals surface area contributed by atoms with E-state index in [1.807, 2.05) is 0 Å². The molecule has 0 N–H and O–H groups in total. The molecule has 0 unspecified atom stereocenters. The summed E-state index contributed by atoms with van der Waals surface area (Å²) in [5.41, 5.74) is 0. The van der Waals surface area contributed by atoms with Crippen LogP contribution in [-0.4, -0.2) is 6.71 Å². The lowest BCUT2D eigenvalue weighted by molar-refractivity contribution is 0.443. The van der Waals surface area contributed by atoms with Gasteiger partial charge in [0.15, 0.2) is 0 Å². The minimum Gasteiger partial charge on any atom is -0.0957 e. The monoisotopic (exact) mass is 204 g/mol. The van der Waals surface area contributed by atoms with Gasteiger partial charge in [0.2, 0.25) is 0 Å². The molecular weight excluding hydrogens is 179 g/mol. The first-order valence-corrected chi connectivity index (χ1v) is 7.06. The minimum absolute atomic E-state index is 1.06. The molecule has 84 valence electrons. The summed E-state index contributed by atoms with van der Waals surface area (Å²) >= 11 is 0. The van der Waals surface area contributed by atoms with Gasteiger partial charge in [0, 0.05) is 0 Å². The Bertz CT molecular complexity index is 187. The highest BCUT2D eigenvalue weighted by Crippen LogP contribution is 2.47. The van der Waals surface area contributed by atoms with Crippen LogP contribution >= 0.6 is 0 Å². The molecule has 2 fully saturated rings. The lowest BCUT2D eigenvalue weighted by Crippen LogP contribution is -2.33. The summed E-state index contributed by atoms with van der Waals surface area (Å²) in [5, 5.41) is 0. The second-order valence-electron chi connectivity index (χ2n) is 5.54. The normalized spacial score (nSPS) is 31.1. The average Bonchev–Trinajstić information content (AvgIpc) is 2.24. The number of fused-ring (bicyclic) bond motifs is 2. The third-order valence-electron chi connectivity index (χ3n) is 4.54. The molecule has 0 nitrogen and oxygen atoms in total. The van der Waals surface area contributed by atoms with Crippen LogP contribution in [-0.2, 0) is 0 Å². The van der Waals surface area contributed by atoms with E-state index in [2.05, 4.69) is 19.1 Å². The van der Waals surface area contributed by atoms with E-state index >= 15 is 0 Å². The van der Waals surface area contributed by atoms with Gasteiger partial charge >= 0.3 is 0 Å². The molecule has 2 aliphatic rings. The van der Waals surface area contributed by atoms with Crippen molar-refractivity contribution in [3.05, 3.63) is 12.2 Å². The van der Waals surface area contributed by atoms with Crippen molar-refractivity contribution in [2.45, 2.75) is 76.2 Å². The summed E-state index contributed by atoms with van der Waals surface area (Å²) < 4.78 is 0. The Kier molecular flexibility index (Phi) is 4.35. The van der Waals surface area contributed by atoms with E-state index in [1.54, 1.807) is 0 Å². The molecular formula is C14H25B. The number of unbranched alkanes of at least 4 members (excludes halogenated alkanes) is 1. The zero-order chi connectivity index (χ0) is 10.5. The second kappa shape index (κ2) is 5.77. The van der Waals surface area contributed by atoms with Crippen molar-refractivity contribution < 1.29 is 0 Å². The molecule has 2 aliphatic heterocycles. The van der Waals surface area contributed by atoms with E-state index in [4.69, 9.17) is 0 Å². The predicted molar refractivity (Wildman–Crippen MR) is 69.8 cm³/mol. The van der Waals surface area contributed by atoms with Gasteiger partial charge in [-0.05, 0) is 6.42 Å². The Hall–Kier alpha value is -0.195. The molecule has 0 aromatic heterocycles. The molecule has 0 aliphatic carbocycles. The summed E-state index contributed by atoms with van der Waals surface area (Å²) in [7, 11) is 0. The molecule has 0 aromatic rings. The lowest BCUT2D eigenvalue weighted by atomic mass is 9.26. The topological polar surface area (TPSA) is 0 Å². The molecule has 15 heavy (non-hydrogen) atoms. The molecule has 0 atom stereocenters. The summed E-state index contributed by atoms with van der Waals surface area (Å²) in [6.07, 6.45) is 18.0. The first kappa shape index (κ1) is 11.3. The van der Waals surface area contributed by atoms with Crippen LogP contribution in [0.2, 0.25) is 18.0 Å². The highest BCUT2D eigenvalue weighted by Gasteiger charge is 2.37. The Morgan fingerprint density at radius 1 is 1.00 bits per heavy atom. The number of rotatable bonds is 4. The number of hydrogen-bond acceptors (Lipinski definition) is 0. The average molecular weight is 204 g/mol. The van der Waals surface area contributed by atoms with Crippen LogP contribution in [0.15, 0.2) is 12.2 Å². The third kappa shape index (κ3) is 2.89. The van der Waals surface area contributed by atoms with Crippen molar-refractivity contribution >= 4 is 6.71 Å². The smallest absolute Gasteiger partial charge is 0.0957 e. The van der Waals surface area contributed by atoms with Gasteiger partial charge in [0.1, 0.15) is 6.71 Å². The van der Waals surface area contributed by atoms with Crippen molar-refractivity contribution in [2.75, 3.05) is 0 Å². The fourth-order valence-corrected chi connectivity index (χ4v) is 3.74. The van der Waals surface area contributed by atoms with Crippen LogP contribution in [0.3, 0.4) is 0 Å². The fraction of sp³-hybridized carbons (Fsp3) is 0.857. The minimum atomic E-state index is 1.06. The highest BCUT2D eigenvalue weighted by atomic mass is 14.2. The molecule has 0 radical (unpaired) electrons.